The summed E-state index contributed by atoms with van der Waals surface area (Å²) < 4.78 is 27.8. The lowest BCUT2D eigenvalue weighted by molar-refractivity contribution is 0.102. The van der Waals surface area contributed by atoms with Crippen molar-refractivity contribution in [1.29, 1.82) is 0 Å². The van der Waals surface area contributed by atoms with E-state index in [1.54, 1.807) is 17.5 Å². The molecule has 24 heavy (non-hydrogen) atoms. The van der Waals surface area contributed by atoms with Crippen molar-refractivity contribution in [2.24, 2.45) is 5.73 Å². The van der Waals surface area contributed by atoms with Crippen molar-refractivity contribution in [2.45, 2.75) is 6.54 Å². The van der Waals surface area contributed by atoms with E-state index >= 15 is 0 Å². The monoisotopic (exact) mass is 389 g/mol. The van der Waals surface area contributed by atoms with Gasteiger partial charge < -0.3 is 15.8 Å². The van der Waals surface area contributed by atoms with Gasteiger partial charge in [-0.3, -0.25) is 4.79 Å². The van der Waals surface area contributed by atoms with Gasteiger partial charge in [0.2, 0.25) is 0 Å². The number of nitrogens with one attached hydrogen (secondary N) is 1. The molecule has 0 atom stereocenters. The number of aromatic nitrogens is 1. The zero-order chi connectivity index (χ0) is 17.7. The summed E-state index contributed by atoms with van der Waals surface area (Å²) in [5.74, 6) is -0.235. The molecule has 0 saturated heterocycles. The summed E-state index contributed by atoms with van der Waals surface area (Å²) in [4.78, 5) is 16.3. The molecule has 3 N–H and O–H groups in total. The fourth-order valence-electron chi connectivity index (χ4n) is 1.72. The van der Waals surface area contributed by atoms with Gasteiger partial charge in [-0.1, -0.05) is 11.6 Å². The number of nitrogens with zero attached hydrogens (tertiary/aromatic N) is 1. The number of halogens is 1. The standard InChI is InChI=1S/C14H16ClN3O4S2/c1-24(20,21)5-4-22-12-3-2-9(15)6-10(12)18-14(19)11-8-23-13(7-16)17-11/h2-3,6,8H,4-5,7,16H2,1H3,(H,18,19). The molecule has 0 unspecified atom stereocenters. The van der Waals surface area contributed by atoms with E-state index in [2.05, 4.69) is 10.3 Å². The average molecular weight is 390 g/mol. The number of hydrogen-bond donors (Lipinski definition) is 2. The molecule has 1 heterocycles. The number of rotatable bonds is 7. The lowest BCUT2D eigenvalue weighted by atomic mass is 10.3. The molecule has 10 heteroatoms. The highest BCUT2D eigenvalue weighted by atomic mass is 35.5. The second kappa shape index (κ2) is 7.93. The topological polar surface area (TPSA) is 111 Å². The van der Waals surface area contributed by atoms with E-state index in [-0.39, 0.29) is 24.6 Å². The highest BCUT2D eigenvalue weighted by Gasteiger charge is 2.14. The van der Waals surface area contributed by atoms with Crippen LogP contribution in [0.4, 0.5) is 5.69 Å². The van der Waals surface area contributed by atoms with Crippen LogP contribution in [0.1, 0.15) is 15.5 Å². The van der Waals surface area contributed by atoms with E-state index in [1.165, 1.54) is 17.4 Å². The third-order valence-corrected chi connectivity index (χ3v) is 4.87. The summed E-state index contributed by atoms with van der Waals surface area (Å²) in [5.41, 5.74) is 6.05. The van der Waals surface area contributed by atoms with Gasteiger partial charge in [0.05, 0.1) is 11.4 Å². The minimum absolute atomic E-state index is 0.0304. The first kappa shape index (κ1) is 18.7. The van der Waals surface area contributed by atoms with Gasteiger partial charge in [-0.25, -0.2) is 13.4 Å². The largest absolute Gasteiger partial charge is 0.490 e. The van der Waals surface area contributed by atoms with Crippen LogP contribution in [0.2, 0.25) is 5.02 Å². The number of thiazole rings is 1. The number of anilines is 1. The molecule has 0 aliphatic carbocycles. The number of sulfone groups is 1. The Morgan fingerprint density at radius 3 is 2.83 bits per heavy atom. The van der Waals surface area contributed by atoms with Crippen LogP contribution in [0, 0.1) is 0 Å². The smallest absolute Gasteiger partial charge is 0.275 e. The van der Waals surface area contributed by atoms with Crippen molar-refractivity contribution in [1.82, 2.24) is 4.98 Å². The third-order valence-electron chi connectivity index (χ3n) is 2.86. The summed E-state index contributed by atoms with van der Waals surface area (Å²) in [6, 6.07) is 4.67. The molecule has 0 saturated carbocycles. The average Bonchev–Trinajstić information content (AvgIpc) is 2.97. The van der Waals surface area contributed by atoms with Crippen LogP contribution in [0.5, 0.6) is 5.75 Å². The predicted octanol–water partition coefficient (Wildman–Crippen LogP) is 1.93. The lowest BCUT2D eigenvalue weighted by Crippen LogP contribution is -2.16. The maximum absolute atomic E-state index is 12.2. The van der Waals surface area contributed by atoms with E-state index in [4.69, 9.17) is 22.1 Å². The van der Waals surface area contributed by atoms with Gasteiger partial charge in [0, 0.05) is 23.2 Å². The van der Waals surface area contributed by atoms with Crippen LogP contribution in [0.25, 0.3) is 0 Å². The molecule has 0 radical (unpaired) electrons. The summed E-state index contributed by atoms with van der Waals surface area (Å²) in [5, 5.41) is 5.31. The molecule has 0 fully saturated rings. The minimum Gasteiger partial charge on any atom is -0.490 e. The summed E-state index contributed by atoms with van der Waals surface area (Å²) in [6.07, 6.45) is 1.12. The maximum Gasteiger partial charge on any atom is 0.275 e. The number of nitrogens with two attached hydrogens (primary N) is 1. The summed E-state index contributed by atoms with van der Waals surface area (Å²) in [7, 11) is -3.14. The quantitative estimate of drug-likeness (QED) is 0.748. The number of carbonyl (C=O) groups is 1. The molecule has 0 spiro atoms. The van der Waals surface area contributed by atoms with Gasteiger partial charge in [-0.05, 0) is 18.2 Å². The minimum atomic E-state index is -3.14. The van der Waals surface area contributed by atoms with E-state index < -0.39 is 15.7 Å². The van der Waals surface area contributed by atoms with Gasteiger partial charge in [0.25, 0.3) is 5.91 Å². The molecule has 7 nitrogen and oxygen atoms in total. The van der Waals surface area contributed by atoms with Gasteiger partial charge in [-0.15, -0.1) is 11.3 Å². The SMILES string of the molecule is CS(=O)(=O)CCOc1ccc(Cl)cc1NC(=O)c1csc(CN)n1. The van der Waals surface area contributed by atoms with E-state index in [0.717, 1.165) is 6.26 Å². The summed E-state index contributed by atoms with van der Waals surface area (Å²) in [6.45, 7) is 0.228. The Labute approximate surface area is 148 Å². The molecule has 1 aromatic heterocycles. The van der Waals surface area contributed by atoms with Crippen LogP contribution in [0.3, 0.4) is 0 Å². The fraction of sp³-hybridized carbons (Fsp3) is 0.286. The van der Waals surface area contributed by atoms with Crippen molar-refractivity contribution >= 4 is 44.4 Å². The Morgan fingerprint density at radius 2 is 2.21 bits per heavy atom. The number of hydrogen-bond acceptors (Lipinski definition) is 7. The van der Waals surface area contributed by atoms with Gasteiger partial charge in [0.1, 0.15) is 23.1 Å². The molecule has 1 aromatic carbocycles. The van der Waals surface area contributed by atoms with Crippen LogP contribution in [-0.4, -0.2) is 37.9 Å². The second-order valence-corrected chi connectivity index (χ2v) is 8.54. The molecule has 130 valence electrons. The van der Waals surface area contributed by atoms with Crippen molar-refractivity contribution in [2.75, 3.05) is 23.9 Å². The van der Waals surface area contributed by atoms with E-state index in [9.17, 15) is 13.2 Å². The molecular weight excluding hydrogens is 374 g/mol. The van der Waals surface area contributed by atoms with Crippen molar-refractivity contribution < 1.29 is 17.9 Å². The number of amides is 1. The third kappa shape index (κ3) is 5.45. The Morgan fingerprint density at radius 1 is 1.46 bits per heavy atom. The molecule has 0 bridgehead atoms. The van der Waals surface area contributed by atoms with Gasteiger partial charge in [0.15, 0.2) is 9.84 Å². The lowest BCUT2D eigenvalue weighted by Gasteiger charge is -2.12. The summed E-state index contributed by atoms with van der Waals surface area (Å²) >= 11 is 7.24. The van der Waals surface area contributed by atoms with Crippen molar-refractivity contribution in [3.63, 3.8) is 0 Å². The van der Waals surface area contributed by atoms with Crippen LogP contribution >= 0.6 is 22.9 Å². The van der Waals surface area contributed by atoms with E-state index in [1.807, 2.05) is 0 Å². The highest BCUT2D eigenvalue weighted by molar-refractivity contribution is 7.90. The Kier molecular flexibility index (Phi) is 6.16. The zero-order valence-electron chi connectivity index (χ0n) is 12.8. The number of carbonyl (C=O) groups excluding carboxylic acids is 1. The molecular formula is C14H16ClN3O4S2. The first-order valence-corrected chi connectivity index (χ1v) is 10.2. The van der Waals surface area contributed by atoms with E-state index in [0.29, 0.717) is 21.5 Å². The first-order valence-electron chi connectivity index (χ1n) is 6.84. The van der Waals surface area contributed by atoms with Crippen molar-refractivity contribution in [3.05, 3.63) is 39.3 Å². The first-order chi connectivity index (χ1) is 11.3. The van der Waals surface area contributed by atoms with Gasteiger partial charge >= 0.3 is 0 Å². The normalized spacial score (nSPS) is 11.3. The molecule has 1 amide bonds. The van der Waals surface area contributed by atoms with Crippen LogP contribution in [-0.2, 0) is 16.4 Å². The molecule has 0 aliphatic rings. The van der Waals surface area contributed by atoms with Gasteiger partial charge in [-0.2, -0.15) is 0 Å². The molecule has 0 aliphatic heterocycles. The molecule has 2 rings (SSSR count). The zero-order valence-corrected chi connectivity index (χ0v) is 15.2. The predicted molar refractivity (Wildman–Crippen MR) is 94.6 cm³/mol. The maximum atomic E-state index is 12.2. The Bertz CT molecular complexity index is 836. The van der Waals surface area contributed by atoms with Crippen LogP contribution < -0.4 is 15.8 Å². The Hall–Kier alpha value is -1.68. The van der Waals surface area contributed by atoms with Crippen LogP contribution in [0.15, 0.2) is 23.6 Å². The Balaban J connectivity index is 2.13. The molecule has 2 aromatic rings. The second-order valence-electron chi connectivity index (χ2n) is 4.90. The number of ether oxygens (including phenoxy) is 1. The van der Waals surface area contributed by atoms with Crippen molar-refractivity contribution in [3.8, 4) is 5.75 Å². The highest BCUT2D eigenvalue weighted by Crippen LogP contribution is 2.28. The fourth-order valence-corrected chi connectivity index (χ4v) is 2.94. The number of benzene rings is 1.